The van der Waals surface area contributed by atoms with Crippen molar-refractivity contribution in [1.29, 1.82) is 0 Å². The number of nitrogens with zero attached hydrogens (tertiary/aromatic N) is 3. The van der Waals surface area contributed by atoms with Crippen LogP contribution in [0.1, 0.15) is 40.9 Å². The van der Waals surface area contributed by atoms with E-state index in [0.717, 1.165) is 40.7 Å². The zero-order chi connectivity index (χ0) is 19.3. The van der Waals surface area contributed by atoms with Gasteiger partial charge in [-0.2, -0.15) is 0 Å². The van der Waals surface area contributed by atoms with Crippen LogP contribution in [0.5, 0.6) is 0 Å². The fourth-order valence-corrected chi connectivity index (χ4v) is 4.20. The highest BCUT2D eigenvalue weighted by Crippen LogP contribution is 2.24. The lowest BCUT2D eigenvalue weighted by molar-refractivity contribution is 0.0950. The smallest absolute Gasteiger partial charge is 0.253 e. The predicted molar refractivity (Wildman–Crippen MR) is 114 cm³/mol. The highest BCUT2D eigenvalue weighted by Gasteiger charge is 2.14. The maximum absolute atomic E-state index is 12.6. The number of pyridine rings is 2. The van der Waals surface area contributed by atoms with Gasteiger partial charge in [0.05, 0.1) is 21.8 Å². The summed E-state index contributed by atoms with van der Waals surface area (Å²) in [6.45, 7) is 4.48. The Morgan fingerprint density at radius 1 is 1.18 bits per heavy atom. The molecular weight excluding hydrogens is 368 g/mol. The summed E-state index contributed by atoms with van der Waals surface area (Å²) in [6.07, 6.45) is 5.56. The Morgan fingerprint density at radius 2 is 2.04 bits per heavy atom. The molecule has 28 heavy (non-hydrogen) atoms. The SMILES string of the molecule is Cc1nc(-c2cccs2)ccc1C(=O)NCc1ccnc(N2CCCCC2)c1. The van der Waals surface area contributed by atoms with Gasteiger partial charge in [0.15, 0.2) is 0 Å². The predicted octanol–water partition coefficient (Wildman–Crippen LogP) is 4.43. The molecule has 0 saturated carbocycles. The number of carbonyl (C=O) groups excluding carboxylic acids is 1. The summed E-state index contributed by atoms with van der Waals surface area (Å²) in [5.41, 5.74) is 3.33. The van der Waals surface area contributed by atoms with E-state index in [0.29, 0.717) is 12.1 Å². The van der Waals surface area contributed by atoms with Crippen LogP contribution >= 0.6 is 11.3 Å². The number of aryl methyl sites for hydroxylation is 1. The largest absolute Gasteiger partial charge is 0.357 e. The van der Waals surface area contributed by atoms with Crippen LogP contribution in [0.3, 0.4) is 0 Å². The lowest BCUT2D eigenvalue weighted by atomic mass is 10.1. The van der Waals surface area contributed by atoms with Gasteiger partial charge in [0, 0.05) is 25.8 Å². The van der Waals surface area contributed by atoms with Gasteiger partial charge in [0.2, 0.25) is 0 Å². The summed E-state index contributed by atoms with van der Waals surface area (Å²) in [4.78, 5) is 25.2. The number of thiophene rings is 1. The minimum atomic E-state index is -0.0981. The van der Waals surface area contributed by atoms with Crippen molar-refractivity contribution in [2.24, 2.45) is 0 Å². The standard InChI is InChI=1S/C22H24N4OS/c1-16-18(7-8-19(25-16)20-6-5-13-28-20)22(27)24-15-17-9-10-23-21(14-17)26-11-3-2-4-12-26/h5-10,13-14H,2-4,11-12,15H2,1H3,(H,24,27). The molecule has 6 heteroatoms. The quantitative estimate of drug-likeness (QED) is 0.698. The van der Waals surface area contributed by atoms with Crippen LogP contribution < -0.4 is 10.2 Å². The Balaban J connectivity index is 1.42. The van der Waals surface area contributed by atoms with Crippen molar-refractivity contribution < 1.29 is 4.79 Å². The second kappa shape index (κ2) is 8.52. The number of carbonyl (C=O) groups is 1. The van der Waals surface area contributed by atoms with Gasteiger partial charge < -0.3 is 10.2 Å². The zero-order valence-electron chi connectivity index (χ0n) is 16.0. The Morgan fingerprint density at radius 3 is 2.79 bits per heavy atom. The molecule has 4 heterocycles. The normalized spacial score (nSPS) is 14.1. The molecule has 1 N–H and O–H groups in total. The second-order valence-corrected chi connectivity index (χ2v) is 8.01. The van der Waals surface area contributed by atoms with E-state index in [1.807, 2.05) is 48.8 Å². The highest BCUT2D eigenvalue weighted by molar-refractivity contribution is 7.13. The lowest BCUT2D eigenvalue weighted by Gasteiger charge is -2.27. The van der Waals surface area contributed by atoms with E-state index < -0.39 is 0 Å². The van der Waals surface area contributed by atoms with Gasteiger partial charge in [0.1, 0.15) is 5.82 Å². The van der Waals surface area contributed by atoms with Crippen molar-refractivity contribution in [3.63, 3.8) is 0 Å². The van der Waals surface area contributed by atoms with Crippen LogP contribution in [0.4, 0.5) is 5.82 Å². The Kier molecular flexibility index (Phi) is 5.67. The van der Waals surface area contributed by atoms with E-state index in [-0.39, 0.29) is 5.91 Å². The molecule has 0 bridgehead atoms. The van der Waals surface area contributed by atoms with Crippen molar-refractivity contribution in [3.05, 3.63) is 64.8 Å². The van der Waals surface area contributed by atoms with Crippen LogP contribution in [0.2, 0.25) is 0 Å². The first-order valence-corrected chi connectivity index (χ1v) is 10.6. The summed E-state index contributed by atoms with van der Waals surface area (Å²) in [6, 6.07) is 11.8. The molecule has 4 rings (SSSR count). The number of anilines is 1. The van der Waals surface area contributed by atoms with E-state index >= 15 is 0 Å². The van der Waals surface area contributed by atoms with Crippen molar-refractivity contribution in [1.82, 2.24) is 15.3 Å². The molecule has 1 fully saturated rings. The van der Waals surface area contributed by atoms with Gasteiger partial charge in [-0.3, -0.25) is 9.78 Å². The summed E-state index contributed by atoms with van der Waals surface area (Å²) >= 11 is 1.65. The maximum atomic E-state index is 12.6. The van der Waals surface area contributed by atoms with Crippen molar-refractivity contribution in [3.8, 4) is 10.6 Å². The van der Waals surface area contributed by atoms with Gasteiger partial charge in [-0.1, -0.05) is 6.07 Å². The Labute approximate surface area is 169 Å². The molecule has 3 aromatic heterocycles. The molecule has 1 aliphatic rings. The molecule has 1 aliphatic heterocycles. The lowest BCUT2D eigenvalue weighted by Crippen LogP contribution is -2.30. The van der Waals surface area contributed by atoms with Crippen molar-refractivity contribution >= 4 is 23.1 Å². The number of rotatable bonds is 5. The molecule has 0 atom stereocenters. The van der Waals surface area contributed by atoms with Gasteiger partial charge >= 0.3 is 0 Å². The summed E-state index contributed by atoms with van der Waals surface area (Å²) in [5, 5.41) is 5.05. The Bertz CT molecular complexity index is 949. The minimum absolute atomic E-state index is 0.0981. The van der Waals surface area contributed by atoms with E-state index in [2.05, 4.69) is 26.3 Å². The number of piperidine rings is 1. The van der Waals surface area contributed by atoms with E-state index in [1.54, 1.807) is 11.3 Å². The maximum Gasteiger partial charge on any atom is 0.253 e. The fraction of sp³-hybridized carbons (Fsp3) is 0.318. The number of hydrogen-bond donors (Lipinski definition) is 1. The van der Waals surface area contributed by atoms with Gasteiger partial charge in [-0.15, -0.1) is 11.3 Å². The van der Waals surface area contributed by atoms with Gasteiger partial charge in [0.25, 0.3) is 5.91 Å². The average molecular weight is 393 g/mol. The van der Waals surface area contributed by atoms with Crippen LogP contribution in [0.25, 0.3) is 10.6 Å². The highest BCUT2D eigenvalue weighted by atomic mass is 32.1. The molecule has 1 saturated heterocycles. The molecule has 0 spiro atoms. The monoisotopic (exact) mass is 392 g/mol. The van der Waals surface area contributed by atoms with E-state index in [4.69, 9.17) is 0 Å². The molecule has 0 aliphatic carbocycles. The Hall–Kier alpha value is -2.73. The van der Waals surface area contributed by atoms with E-state index in [1.165, 1.54) is 19.3 Å². The molecule has 144 valence electrons. The third kappa shape index (κ3) is 4.22. The second-order valence-electron chi connectivity index (χ2n) is 7.06. The molecule has 0 aromatic carbocycles. The number of hydrogen-bond acceptors (Lipinski definition) is 5. The first kappa shape index (κ1) is 18.6. The van der Waals surface area contributed by atoms with Gasteiger partial charge in [-0.05, 0) is 67.5 Å². The molecule has 0 unspecified atom stereocenters. The van der Waals surface area contributed by atoms with Crippen LogP contribution in [-0.2, 0) is 6.54 Å². The first-order valence-electron chi connectivity index (χ1n) is 9.70. The van der Waals surface area contributed by atoms with Crippen LogP contribution in [0.15, 0.2) is 48.0 Å². The number of nitrogens with one attached hydrogen (secondary N) is 1. The summed E-state index contributed by atoms with van der Waals surface area (Å²) < 4.78 is 0. The minimum Gasteiger partial charge on any atom is -0.357 e. The molecule has 1 amide bonds. The summed E-state index contributed by atoms with van der Waals surface area (Å²) in [7, 11) is 0. The first-order chi connectivity index (χ1) is 13.7. The topological polar surface area (TPSA) is 58.1 Å². The summed E-state index contributed by atoms with van der Waals surface area (Å²) in [5.74, 6) is 0.906. The molecule has 0 radical (unpaired) electrons. The molecule has 3 aromatic rings. The van der Waals surface area contributed by atoms with Crippen molar-refractivity contribution in [2.45, 2.75) is 32.7 Å². The van der Waals surface area contributed by atoms with Crippen LogP contribution in [0, 0.1) is 6.92 Å². The van der Waals surface area contributed by atoms with Gasteiger partial charge in [-0.25, -0.2) is 4.98 Å². The molecule has 5 nitrogen and oxygen atoms in total. The zero-order valence-corrected chi connectivity index (χ0v) is 16.8. The third-order valence-electron chi connectivity index (χ3n) is 5.05. The molecular formula is C22H24N4OS. The van der Waals surface area contributed by atoms with Crippen LogP contribution in [-0.4, -0.2) is 29.0 Å². The van der Waals surface area contributed by atoms with Crippen molar-refractivity contribution in [2.75, 3.05) is 18.0 Å². The number of amides is 1. The number of aromatic nitrogens is 2. The fourth-order valence-electron chi connectivity index (χ4n) is 3.51. The van der Waals surface area contributed by atoms with E-state index in [9.17, 15) is 4.79 Å². The average Bonchev–Trinajstić information content (AvgIpc) is 3.28. The third-order valence-corrected chi connectivity index (χ3v) is 5.94.